The third-order valence-corrected chi connectivity index (χ3v) is 5.10. The SMILES string of the molecule is CCN(C(=O)C1CC(=O)N(Cc2ccco2)C1)C(C)c1ccc(C#N)cc1. The van der Waals surface area contributed by atoms with E-state index in [2.05, 4.69) is 6.07 Å². The molecule has 1 aliphatic heterocycles. The van der Waals surface area contributed by atoms with E-state index >= 15 is 0 Å². The fourth-order valence-corrected chi connectivity index (χ4v) is 3.55. The van der Waals surface area contributed by atoms with Crippen LogP contribution in [-0.2, 0) is 16.1 Å². The lowest BCUT2D eigenvalue weighted by Crippen LogP contribution is -2.39. The van der Waals surface area contributed by atoms with Gasteiger partial charge < -0.3 is 14.2 Å². The van der Waals surface area contributed by atoms with Crippen molar-refractivity contribution in [3.05, 3.63) is 59.5 Å². The van der Waals surface area contributed by atoms with Crippen molar-refractivity contribution in [2.24, 2.45) is 5.92 Å². The maximum absolute atomic E-state index is 13.1. The van der Waals surface area contributed by atoms with Gasteiger partial charge in [0.2, 0.25) is 11.8 Å². The van der Waals surface area contributed by atoms with Gasteiger partial charge in [0.05, 0.1) is 36.4 Å². The smallest absolute Gasteiger partial charge is 0.228 e. The Labute approximate surface area is 159 Å². The van der Waals surface area contributed by atoms with Crippen LogP contribution in [0.1, 0.15) is 43.2 Å². The van der Waals surface area contributed by atoms with Crippen LogP contribution in [0.15, 0.2) is 47.1 Å². The molecule has 1 aromatic carbocycles. The largest absolute Gasteiger partial charge is 0.467 e. The molecule has 6 nitrogen and oxygen atoms in total. The Kier molecular flexibility index (Phi) is 5.60. The lowest BCUT2D eigenvalue weighted by molar-refractivity contribution is -0.137. The molecule has 1 fully saturated rings. The van der Waals surface area contributed by atoms with E-state index in [1.165, 1.54) is 0 Å². The molecule has 2 atom stereocenters. The first-order chi connectivity index (χ1) is 13.0. The van der Waals surface area contributed by atoms with Crippen molar-refractivity contribution in [2.45, 2.75) is 32.9 Å². The Bertz CT molecular complexity index is 837. The van der Waals surface area contributed by atoms with Crippen molar-refractivity contribution < 1.29 is 14.0 Å². The highest BCUT2D eigenvalue weighted by molar-refractivity contribution is 5.89. The van der Waals surface area contributed by atoms with Gasteiger partial charge in [-0.1, -0.05) is 12.1 Å². The van der Waals surface area contributed by atoms with Crippen LogP contribution in [0.3, 0.4) is 0 Å². The summed E-state index contributed by atoms with van der Waals surface area (Å²) >= 11 is 0. The number of likely N-dealkylation sites (tertiary alicyclic amines) is 1. The molecule has 0 spiro atoms. The van der Waals surface area contributed by atoms with E-state index in [4.69, 9.17) is 9.68 Å². The first-order valence-corrected chi connectivity index (χ1v) is 9.14. The molecule has 1 saturated heterocycles. The summed E-state index contributed by atoms with van der Waals surface area (Å²) in [5.74, 6) is 0.347. The van der Waals surface area contributed by atoms with Gasteiger partial charge in [-0.05, 0) is 43.7 Å². The summed E-state index contributed by atoms with van der Waals surface area (Å²) in [6.07, 6.45) is 1.81. The van der Waals surface area contributed by atoms with Crippen LogP contribution in [0, 0.1) is 17.2 Å². The molecule has 2 aromatic rings. The minimum absolute atomic E-state index is 0.00958. The van der Waals surface area contributed by atoms with Crippen molar-refractivity contribution in [3.8, 4) is 6.07 Å². The van der Waals surface area contributed by atoms with Crippen molar-refractivity contribution in [3.63, 3.8) is 0 Å². The zero-order valence-corrected chi connectivity index (χ0v) is 15.6. The molecule has 2 heterocycles. The number of carbonyl (C=O) groups is 2. The number of hydrogen-bond donors (Lipinski definition) is 0. The molecular weight excluding hydrogens is 342 g/mol. The van der Waals surface area contributed by atoms with Crippen LogP contribution in [-0.4, -0.2) is 34.7 Å². The summed E-state index contributed by atoms with van der Waals surface area (Å²) in [6, 6.07) is 12.9. The van der Waals surface area contributed by atoms with Crippen LogP contribution in [0.2, 0.25) is 0 Å². The average Bonchev–Trinajstić information content (AvgIpc) is 3.32. The van der Waals surface area contributed by atoms with Crippen molar-refractivity contribution in [1.29, 1.82) is 5.26 Å². The molecule has 0 bridgehead atoms. The Morgan fingerprint density at radius 2 is 2.11 bits per heavy atom. The van der Waals surface area contributed by atoms with Gasteiger partial charge in [-0.15, -0.1) is 0 Å². The second kappa shape index (κ2) is 8.09. The van der Waals surface area contributed by atoms with E-state index in [9.17, 15) is 9.59 Å². The summed E-state index contributed by atoms with van der Waals surface area (Å²) in [5.41, 5.74) is 1.57. The Balaban J connectivity index is 1.69. The lowest BCUT2D eigenvalue weighted by Gasteiger charge is -2.30. The Morgan fingerprint density at radius 1 is 1.37 bits per heavy atom. The number of amides is 2. The van der Waals surface area contributed by atoms with Crippen molar-refractivity contribution >= 4 is 11.8 Å². The molecule has 0 radical (unpaired) electrons. The standard InChI is InChI=1S/C21H23N3O3/c1-3-24(15(2)17-8-6-16(12-22)7-9-17)21(26)18-11-20(25)23(13-18)14-19-5-4-10-27-19/h4-10,15,18H,3,11,13-14H2,1-2H3. The van der Waals surface area contributed by atoms with Crippen LogP contribution in [0.25, 0.3) is 0 Å². The molecule has 140 valence electrons. The van der Waals surface area contributed by atoms with Gasteiger partial charge in [0, 0.05) is 19.5 Å². The molecule has 0 saturated carbocycles. The molecule has 1 aromatic heterocycles. The predicted octanol–water partition coefficient (Wildman–Crippen LogP) is 3.11. The summed E-state index contributed by atoms with van der Waals surface area (Å²) in [6.45, 7) is 5.28. The van der Waals surface area contributed by atoms with Crippen LogP contribution in [0.4, 0.5) is 0 Å². The molecule has 3 rings (SSSR count). The highest BCUT2D eigenvalue weighted by atomic mass is 16.3. The Morgan fingerprint density at radius 3 is 2.70 bits per heavy atom. The zero-order valence-electron chi connectivity index (χ0n) is 15.6. The minimum Gasteiger partial charge on any atom is -0.467 e. The molecule has 0 aliphatic carbocycles. The number of nitriles is 1. The van der Waals surface area contributed by atoms with Gasteiger partial charge in [-0.2, -0.15) is 5.26 Å². The second-order valence-corrected chi connectivity index (χ2v) is 6.79. The number of benzene rings is 1. The van der Waals surface area contributed by atoms with Crippen molar-refractivity contribution in [2.75, 3.05) is 13.1 Å². The van der Waals surface area contributed by atoms with Crippen LogP contribution >= 0.6 is 0 Å². The van der Waals surface area contributed by atoms with Crippen molar-refractivity contribution in [1.82, 2.24) is 9.80 Å². The first-order valence-electron chi connectivity index (χ1n) is 9.14. The second-order valence-electron chi connectivity index (χ2n) is 6.79. The van der Waals surface area contributed by atoms with Crippen LogP contribution in [0.5, 0.6) is 0 Å². The summed E-state index contributed by atoms with van der Waals surface area (Å²) in [7, 11) is 0. The summed E-state index contributed by atoms with van der Waals surface area (Å²) < 4.78 is 5.31. The topological polar surface area (TPSA) is 77.6 Å². The van der Waals surface area contributed by atoms with E-state index in [0.717, 1.165) is 11.3 Å². The predicted molar refractivity (Wildman–Crippen MR) is 99.2 cm³/mol. The maximum atomic E-state index is 13.1. The molecule has 1 aliphatic rings. The monoisotopic (exact) mass is 365 g/mol. The van der Waals surface area contributed by atoms with Gasteiger partial charge in [0.1, 0.15) is 5.76 Å². The zero-order chi connectivity index (χ0) is 19.4. The Hall–Kier alpha value is -3.07. The van der Waals surface area contributed by atoms with Gasteiger partial charge in [-0.3, -0.25) is 9.59 Å². The fourth-order valence-electron chi connectivity index (χ4n) is 3.55. The van der Waals surface area contributed by atoms with Gasteiger partial charge in [0.15, 0.2) is 0 Å². The molecule has 27 heavy (non-hydrogen) atoms. The molecule has 0 N–H and O–H groups in total. The quantitative estimate of drug-likeness (QED) is 0.788. The first kappa shape index (κ1) is 18.7. The molecular formula is C21H23N3O3. The summed E-state index contributed by atoms with van der Waals surface area (Å²) in [4.78, 5) is 28.9. The van der Waals surface area contributed by atoms with Gasteiger partial charge >= 0.3 is 0 Å². The number of carbonyl (C=O) groups excluding carboxylic acids is 2. The fraction of sp³-hybridized carbons (Fsp3) is 0.381. The number of rotatable bonds is 6. The van der Waals surface area contributed by atoms with Gasteiger partial charge in [0.25, 0.3) is 0 Å². The van der Waals surface area contributed by atoms with E-state index < -0.39 is 0 Å². The highest BCUT2D eigenvalue weighted by Crippen LogP contribution is 2.27. The maximum Gasteiger partial charge on any atom is 0.228 e. The highest BCUT2D eigenvalue weighted by Gasteiger charge is 2.37. The lowest BCUT2D eigenvalue weighted by atomic mass is 10.0. The normalized spacial score (nSPS) is 17.6. The van der Waals surface area contributed by atoms with E-state index in [1.807, 2.05) is 32.0 Å². The summed E-state index contributed by atoms with van der Waals surface area (Å²) in [5, 5.41) is 8.94. The minimum atomic E-state index is -0.340. The molecule has 2 unspecified atom stereocenters. The van der Waals surface area contributed by atoms with E-state index in [0.29, 0.717) is 25.2 Å². The molecule has 6 heteroatoms. The van der Waals surface area contributed by atoms with Gasteiger partial charge in [-0.25, -0.2) is 0 Å². The number of nitrogens with zero attached hydrogens (tertiary/aromatic N) is 3. The third kappa shape index (κ3) is 4.03. The number of hydrogen-bond acceptors (Lipinski definition) is 4. The van der Waals surface area contributed by atoms with Crippen LogP contribution < -0.4 is 0 Å². The third-order valence-electron chi connectivity index (χ3n) is 5.10. The average molecular weight is 365 g/mol. The molecule has 2 amide bonds. The van der Waals surface area contributed by atoms with E-state index in [1.54, 1.807) is 34.3 Å². The van der Waals surface area contributed by atoms with E-state index in [-0.39, 0.29) is 30.2 Å². The number of furan rings is 1.